The normalized spacial score (nSPS) is 10.1. The van der Waals surface area contributed by atoms with Crippen molar-refractivity contribution in [3.63, 3.8) is 0 Å². The summed E-state index contributed by atoms with van der Waals surface area (Å²) in [5.41, 5.74) is 1.11. The molecule has 0 amide bonds. The molecule has 3 N–H and O–H groups in total. The molecule has 0 saturated carbocycles. The van der Waals surface area contributed by atoms with Crippen molar-refractivity contribution < 1.29 is 21.5 Å². The van der Waals surface area contributed by atoms with Crippen LogP contribution in [0.25, 0.3) is 0 Å². The number of anilines is 1. The van der Waals surface area contributed by atoms with Gasteiger partial charge in [0.05, 0.1) is 0 Å². The zero-order chi connectivity index (χ0) is 8.27. The van der Waals surface area contributed by atoms with E-state index in [1.165, 1.54) is 8.87 Å². The maximum atomic E-state index is 5.59. The minimum absolute atomic E-state index is 0.285. The van der Waals surface area contributed by atoms with E-state index in [4.69, 9.17) is 3.95 Å². The number of halogens is 1. The fourth-order valence-corrected chi connectivity index (χ4v) is 2.28. The summed E-state index contributed by atoms with van der Waals surface area (Å²) >= 11 is -0.285. The van der Waals surface area contributed by atoms with Crippen molar-refractivity contribution in [3.8, 4) is 0 Å². The molecule has 62 valence electrons. The van der Waals surface area contributed by atoms with Crippen LogP contribution >= 0.6 is 18.6 Å². The Morgan fingerprint density at radius 3 is 2.73 bits per heavy atom. The molecular weight excluding hydrogens is 289 g/mol. The average Bonchev–Trinajstić information content (AvgIpc) is 2.05. The summed E-state index contributed by atoms with van der Waals surface area (Å²) in [6.45, 7) is 0. The third-order valence-electron chi connectivity index (χ3n) is 1.30. The summed E-state index contributed by atoms with van der Waals surface area (Å²) in [5, 5.41) is 4.20. The van der Waals surface area contributed by atoms with Crippen molar-refractivity contribution in [1.82, 2.24) is 0 Å². The molecule has 0 aliphatic carbocycles. The quantitative estimate of drug-likeness (QED) is 0.361. The van der Waals surface area contributed by atoms with Gasteiger partial charge in [0.1, 0.15) is 0 Å². The molecular formula is C6H10IN2P2-. The van der Waals surface area contributed by atoms with Crippen LogP contribution in [-0.4, -0.2) is 0 Å². The summed E-state index contributed by atoms with van der Waals surface area (Å²) in [6.07, 6.45) is 0. The van der Waals surface area contributed by atoms with Gasteiger partial charge >= 0.3 is 81.9 Å². The minimum atomic E-state index is -0.285. The van der Waals surface area contributed by atoms with E-state index in [-0.39, 0.29) is 21.5 Å². The summed E-state index contributed by atoms with van der Waals surface area (Å²) < 4.78 is 6.84. The first-order valence-electron chi connectivity index (χ1n) is 2.97. The number of rotatable bonds is 2. The first-order valence-corrected chi connectivity index (χ1v) is 6.45. The Balaban J connectivity index is 3.02. The molecule has 0 heterocycles. The third kappa shape index (κ3) is 2.51. The van der Waals surface area contributed by atoms with E-state index in [1.807, 2.05) is 0 Å². The van der Waals surface area contributed by atoms with Gasteiger partial charge < -0.3 is 0 Å². The Morgan fingerprint density at radius 2 is 2.18 bits per heavy atom. The molecule has 11 heavy (non-hydrogen) atoms. The Hall–Kier alpha value is 0.570. The SMILES string of the molecule is N[I-]c1ccc(P)c(NP)c1. The first-order chi connectivity index (χ1) is 5.27. The van der Waals surface area contributed by atoms with E-state index in [9.17, 15) is 0 Å². The molecule has 1 aromatic rings. The van der Waals surface area contributed by atoms with Gasteiger partial charge in [-0.1, -0.05) is 0 Å². The van der Waals surface area contributed by atoms with Crippen molar-refractivity contribution in [3.05, 3.63) is 21.8 Å². The second-order valence-electron chi connectivity index (χ2n) is 1.99. The van der Waals surface area contributed by atoms with Crippen molar-refractivity contribution in [2.24, 2.45) is 3.95 Å². The van der Waals surface area contributed by atoms with E-state index in [2.05, 4.69) is 41.9 Å². The number of hydrogen-bond donors (Lipinski definition) is 2. The predicted octanol–water partition coefficient (Wildman–Crippen LogP) is -2.48. The van der Waals surface area contributed by atoms with E-state index >= 15 is 0 Å². The molecule has 1 aromatic carbocycles. The van der Waals surface area contributed by atoms with Crippen molar-refractivity contribution in [2.45, 2.75) is 0 Å². The molecule has 2 unspecified atom stereocenters. The Morgan fingerprint density at radius 1 is 1.45 bits per heavy atom. The van der Waals surface area contributed by atoms with Crippen LogP contribution in [0.2, 0.25) is 0 Å². The number of benzene rings is 1. The van der Waals surface area contributed by atoms with Gasteiger partial charge in [-0.2, -0.15) is 0 Å². The number of nitrogens with one attached hydrogen (secondary N) is 1. The summed E-state index contributed by atoms with van der Waals surface area (Å²) in [4.78, 5) is 0. The van der Waals surface area contributed by atoms with Crippen molar-refractivity contribution in [2.75, 3.05) is 5.09 Å². The summed E-state index contributed by atoms with van der Waals surface area (Å²) in [7, 11) is 5.15. The van der Waals surface area contributed by atoms with Crippen LogP contribution in [0.3, 0.4) is 0 Å². The molecule has 5 heteroatoms. The van der Waals surface area contributed by atoms with Gasteiger partial charge in [0.15, 0.2) is 0 Å². The van der Waals surface area contributed by atoms with E-state index < -0.39 is 0 Å². The van der Waals surface area contributed by atoms with Gasteiger partial charge in [-0.3, -0.25) is 0 Å². The number of nitrogens with two attached hydrogens (primary N) is 1. The standard InChI is InChI=1S/C6H10IN2P2/c8-7-4-1-2-6(10)5(3-4)9-11/h1-3,9H,8,10-11H2/q-1. The Labute approximate surface area is 81.8 Å². The molecule has 0 aliphatic rings. The van der Waals surface area contributed by atoms with Crippen molar-refractivity contribution >= 4 is 29.6 Å². The molecule has 0 fully saturated rings. The van der Waals surface area contributed by atoms with Gasteiger partial charge in [-0.15, -0.1) is 0 Å². The van der Waals surface area contributed by atoms with Gasteiger partial charge in [0.25, 0.3) is 0 Å². The van der Waals surface area contributed by atoms with Gasteiger partial charge in [-0.25, -0.2) is 0 Å². The van der Waals surface area contributed by atoms with Crippen molar-refractivity contribution in [1.29, 1.82) is 0 Å². The topological polar surface area (TPSA) is 38.0 Å². The third-order valence-corrected chi connectivity index (χ3v) is 3.50. The number of hydrogen-bond acceptors (Lipinski definition) is 2. The monoisotopic (exact) mass is 299 g/mol. The van der Waals surface area contributed by atoms with Gasteiger partial charge in [0.2, 0.25) is 0 Å². The summed E-state index contributed by atoms with van der Waals surface area (Å²) in [6, 6.07) is 6.21. The molecule has 2 nitrogen and oxygen atoms in total. The van der Waals surface area contributed by atoms with E-state index in [0.29, 0.717) is 0 Å². The van der Waals surface area contributed by atoms with E-state index in [0.717, 1.165) is 5.69 Å². The fourth-order valence-electron chi connectivity index (χ4n) is 0.721. The fraction of sp³-hybridized carbons (Fsp3) is 0. The van der Waals surface area contributed by atoms with Crippen LogP contribution in [0.1, 0.15) is 0 Å². The zero-order valence-electron chi connectivity index (χ0n) is 5.84. The van der Waals surface area contributed by atoms with Crippen LogP contribution in [-0.2, 0) is 0 Å². The molecule has 0 aliphatic heterocycles. The first kappa shape index (κ1) is 9.66. The van der Waals surface area contributed by atoms with Crippen LogP contribution in [0, 0.1) is 3.57 Å². The van der Waals surface area contributed by atoms with Crippen LogP contribution in [0.4, 0.5) is 5.69 Å². The molecule has 0 bridgehead atoms. The average molecular weight is 299 g/mol. The van der Waals surface area contributed by atoms with Crippen LogP contribution in [0.5, 0.6) is 0 Å². The van der Waals surface area contributed by atoms with Gasteiger partial charge in [-0.05, 0) is 0 Å². The van der Waals surface area contributed by atoms with Crippen LogP contribution in [0.15, 0.2) is 18.2 Å². The molecule has 1 rings (SSSR count). The molecule has 2 atom stereocenters. The van der Waals surface area contributed by atoms with Gasteiger partial charge in [0, 0.05) is 0 Å². The zero-order valence-corrected chi connectivity index (χ0v) is 10.3. The predicted molar refractivity (Wildman–Crippen MR) is 52.0 cm³/mol. The Bertz CT molecular complexity index is 254. The van der Waals surface area contributed by atoms with E-state index in [1.54, 1.807) is 0 Å². The molecule has 0 saturated heterocycles. The molecule has 0 aromatic heterocycles. The Kier molecular flexibility index (Phi) is 4.00. The second-order valence-corrected chi connectivity index (χ2v) is 4.76. The molecule has 0 radical (unpaired) electrons. The molecule has 0 spiro atoms. The maximum absolute atomic E-state index is 5.59. The summed E-state index contributed by atoms with van der Waals surface area (Å²) in [5.74, 6) is 0. The van der Waals surface area contributed by atoms with Crippen LogP contribution < -0.4 is 35.8 Å². The second kappa shape index (κ2) is 4.56.